The predicted molar refractivity (Wildman–Crippen MR) is 43.7 cm³/mol. The lowest BCUT2D eigenvalue weighted by atomic mass is 9.85. The van der Waals surface area contributed by atoms with Crippen LogP contribution in [0.1, 0.15) is 25.7 Å². The van der Waals surface area contributed by atoms with Gasteiger partial charge in [-0.15, -0.1) is 0 Å². The number of hydrogen-bond donors (Lipinski definition) is 1. The maximum absolute atomic E-state index is 8.69. The molecule has 70 valence electrons. The van der Waals surface area contributed by atoms with Gasteiger partial charge in [-0.05, 0) is 19.3 Å². The Morgan fingerprint density at radius 3 is 2.75 bits per heavy atom. The Bertz CT molecular complexity index is 145. The van der Waals surface area contributed by atoms with Gasteiger partial charge in [0.05, 0.1) is 12.7 Å². The topological polar surface area (TPSA) is 38.7 Å². The van der Waals surface area contributed by atoms with E-state index in [1.807, 2.05) is 0 Å². The van der Waals surface area contributed by atoms with Gasteiger partial charge in [0, 0.05) is 12.5 Å². The highest BCUT2D eigenvalue weighted by molar-refractivity contribution is 4.77. The number of aliphatic hydroxyl groups is 1. The van der Waals surface area contributed by atoms with Crippen molar-refractivity contribution in [3.8, 4) is 0 Å². The summed E-state index contributed by atoms with van der Waals surface area (Å²) in [4.78, 5) is 0. The molecule has 0 aromatic heterocycles. The molecule has 1 heterocycles. The molecule has 0 radical (unpaired) electrons. The van der Waals surface area contributed by atoms with Crippen LogP contribution in [0.4, 0.5) is 0 Å². The summed E-state index contributed by atoms with van der Waals surface area (Å²) < 4.78 is 11.1. The minimum atomic E-state index is 0.0373. The highest BCUT2D eigenvalue weighted by atomic mass is 16.7. The molecule has 1 saturated heterocycles. The van der Waals surface area contributed by atoms with Gasteiger partial charge in [0.1, 0.15) is 0 Å². The third kappa shape index (κ3) is 1.63. The second kappa shape index (κ2) is 3.73. The quantitative estimate of drug-likeness (QED) is 0.687. The van der Waals surface area contributed by atoms with E-state index in [1.165, 1.54) is 19.3 Å². The van der Waals surface area contributed by atoms with Gasteiger partial charge in [0.2, 0.25) is 0 Å². The molecule has 2 aliphatic rings. The summed E-state index contributed by atoms with van der Waals surface area (Å²) in [7, 11) is 0. The van der Waals surface area contributed by atoms with Crippen LogP contribution in [0.15, 0.2) is 0 Å². The molecule has 0 spiro atoms. The molecule has 1 aliphatic heterocycles. The zero-order valence-electron chi connectivity index (χ0n) is 7.24. The Kier molecular flexibility index (Phi) is 2.63. The molecule has 3 nitrogen and oxygen atoms in total. The largest absolute Gasteiger partial charge is 0.396 e. The molecular formula is C9H16O3. The fourth-order valence-corrected chi connectivity index (χ4v) is 1.72. The molecule has 0 bridgehead atoms. The lowest BCUT2D eigenvalue weighted by Crippen LogP contribution is -2.28. The minimum absolute atomic E-state index is 0.0373. The number of ether oxygens (including phenoxy) is 2. The number of aliphatic hydroxyl groups excluding tert-OH is 1. The predicted octanol–water partition coefficient (Wildman–Crippen LogP) is 0.910. The molecule has 1 aliphatic carbocycles. The van der Waals surface area contributed by atoms with Crippen molar-refractivity contribution < 1.29 is 14.6 Å². The third-order valence-electron chi connectivity index (χ3n) is 2.76. The van der Waals surface area contributed by atoms with E-state index in [9.17, 15) is 0 Å². The summed E-state index contributed by atoms with van der Waals surface area (Å²) in [6.45, 7) is 0.868. The highest BCUT2D eigenvalue weighted by Crippen LogP contribution is 2.34. The van der Waals surface area contributed by atoms with E-state index in [0.717, 1.165) is 0 Å². The average molecular weight is 172 g/mol. The van der Waals surface area contributed by atoms with Crippen molar-refractivity contribution in [1.82, 2.24) is 0 Å². The lowest BCUT2D eigenvalue weighted by Gasteiger charge is -2.29. The summed E-state index contributed by atoms with van der Waals surface area (Å²) in [5.41, 5.74) is 0. The summed E-state index contributed by atoms with van der Waals surface area (Å²) in [5, 5.41) is 8.69. The first kappa shape index (κ1) is 8.48. The Labute approximate surface area is 72.7 Å². The first-order valence-corrected chi connectivity index (χ1v) is 4.78. The van der Waals surface area contributed by atoms with Gasteiger partial charge in [-0.1, -0.05) is 6.42 Å². The van der Waals surface area contributed by atoms with Gasteiger partial charge in [0.15, 0.2) is 6.29 Å². The molecule has 3 heteroatoms. The second-order valence-electron chi connectivity index (χ2n) is 3.66. The molecule has 12 heavy (non-hydrogen) atoms. The van der Waals surface area contributed by atoms with E-state index < -0.39 is 0 Å². The van der Waals surface area contributed by atoms with Crippen LogP contribution < -0.4 is 0 Å². The van der Waals surface area contributed by atoms with Crippen molar-refractivity contribution in [2.24, 2.45) is 5.92 Å². The van der Waals surface area contributed by atoms with Crippen molar-refractivity contribution in [1.29, 1.82) is 0 Å². The first-order chi connectivity index (χ1) is 5.90. The maximum atomic E-state index is 8.69. The third-order valence-corrected chi connectivity index (χ3v) is 2.76. The molecule has 0 amide bonds. The summed E-state index contributed by atoms with van der Waals surface area (Å²) in [6.07, 6.45) is 4.70. The molecule has 2 atom stereocenters. The molecule has 2 fully saturated rings. The average Bonchev–Trinajstić information content (AvgIpc) is 2.34. The van der Waals surface area contributed by atoms with Crippen LogP contribution in [0.2, 0.25) is 0 Å². The van der Waals surface area contributed by atoms with Crippen LogP contribution in [-0.2, 0) is 9.47 Å². The van der Waals surface area contributed by atoms with Crippen molar-refractivity contribution >= 4 is 0 Å². The van der Waals surface area contributed by atoms with Gasteiger partial charge >= 0.3 is 0 Å². The van der Waals surface area contributed by atoms with Gasteiger partial charge in [-0.25, -0.2) is 0 Å². The molecule has 1 N–H and O–H groups in total. The lowest BCUT2D eigenvalue weighted by molar-refractivity contribution is -0.117. The molecule has 0 aromatic carbocycles. The monoisotopic (exact) mass is 172 g/mol. The SMILES string of the molecule is OCCC1COC(C2CCC2)O1. The summed E-state index contributed by atoms with van der Waals surface area (Å²) in [5.74, 6) is 0.633. The summed E-state index contributed by atoms with van der Waals surface area (Å²) >= 11 is 0. The minimum Gasteiger partial charge on any atom is -0.396 e. The molecule has 1 saturated carbocycles. The van der Waals surface area contributed by atoms with Crippen LogP contribution in [0, 0.1) is 5.92 Å². The zero-order valence-corrected chi connectivity index (χ0v) is 7.24. The van der Waals surface area contributed by atoms with Crippen molar-refractivity contribution in [3.63, 3.8) is 0 Å². The Balaban J connectivity index is 1.73. The number of rotatable bonds is 3. The van der Waals surface area contributed by atoms with E-state index in [-0.39, 0.29) is 19.0 Å². The van der Waals surface area contributed by atoms with Crippen LogP contribution in [0.25, 0.3) is 0 Å². The van der Waals surface area contributed by atoms with Gasteiger partial charge in [-0.2, -0.15) is 0 Å². The highest BCUT2D eigenvalue weighted by Gasteiger charge is 2.35. The maximum Gasteiger partial charge on any atom is 0.160 e. The van der Waals surface area contributed by atoms with Gasteiger partial charge in [0.25, 0.3) is 0 Å². The van der Waals surface area contributed by atoms with E-state index in [1.54, 1.807) is 0 Å². The van der Waals surface area contributed by atoms with Gasteiger partial charge in [-0.3, -0.25) is 0 Å². The van der Waals surface area contributed by atoms with E-state index in [0.29, 0.717) is 18.9 Å². The van der Waals surface area contributed by atoms with Crippen LogP contribution in [0.3, 0.4) is 0 Å². The van der Waals surface area contributed by atoms with E-state index in [4.69, 9.17) is 14.6 Å². The standard InChI is InChI=1S/C9H16O3/c10-5-4-8-6-11-9(12-8)7-2-1-3-7/h7-10H,1-6H2. The van der Waals surface area contributed by atoms with Crippen molar-refractivity contribution in [2.75, 3.05) is 13.2 Å². The molecule has 2 rings (SSSR count). The molecule has 0 aromatic rings. The zero-order chi connectivity index (χ0) is 8.39. The fourth-order valence-electron chi connectivity index (χ4n) is 1.72. The van der Waals surface area contributed by atoms with E-state index in [2.05, 4.69) is 0 Å². The Hall–Kier alpha value is -0.120. The Morgan fingerprint density at radius 1 is 1.33 bits per heavy atom. The van der Waals surface area contributed by atoms with Gasteiger partial charge < -0.3 is 14.6 Å². The van der Waals surface area contributed by atoms with Crippen molar-refractivity contribution in [3.05, 3.63) is 0 Å². The molecular weight excluding hydrogens is 156 g/mol. The first-order valence-electron chi connectivity index (χ1n) is 4.78. The molecule has 2 unspecified atom stereocenters. The van der Waals surface area contributed by atoms with Crippen LogP contribution in [0.5, 0.6) is 0 Å². The Morgan fingerprint density at radius 2 is 2.17 bits per heavy atom. The van der Waals surface area contributed by atoms with Crippen molar-refractivity contribution in [2.45, 2.75) is 38.1 Å². The summed E-state index contributed by atoms with van der Waals surface area (Å²) in [6, 6.07) is 0. The normalized spacial score (nSPS) is 36.8. The smallest absolute Gasteiger partial charge is 0.160 e. The second-order valence-corrected chi connectivity index (χ2v) is 3.66. The van der Waals surface area contributed by atoms with Crippen LogP contribution >= 0.6 is 0 Å². The fraction of sp³-hybridized carbons (Fsp3) is 1.00. The number of hydrogen-bond acceptors (Lipinski definition) is 3. The van der Waals surface area contributed by atoms with E-state index >= 15 is 0 Å². The van der Waals surface area contributed by atoms with Crippen LogP contribution in [-0.4, -0.2) is 30.7 Å².